The Balaban J connectivity index is 2.29. The van der Waals surface area contributed by atoms with E-state index in [4.69, 9.17) is 0 Å². The van der Waals surface area contributed by atoms with Crippen molar-refractivity contribution in [3.63, 3.8) is 0 Å². The Labute approximate surface area is 114 Å². The van der Waals surface area contributed by atoms with Crippen LogP contribution in [-0.2, 0) is 0 Å². The highest BCUT2D eigenvalue weighted by molar-refractivity contribution is 7.17. The second-order valence-corrected chi connectivity index (χ2v) is 5.53. The van der Waals surface area contributed by atoms with E-state index >= 15 is 0 Å². The molecular formula is C14H13N3OS. The lowest BCUT2D eigenvalue weighted by Crippen LogP contribution is -2.08. The van der Waals surface area contributed by atoms with Gasteiger partial charge in [0.05, 0.1) is 5.52 Å². The molecule has 0 unspecified atom stereocenters. The fourth-order valence-electron chi connectivity index (χ4n) is 1.98. The first-order valence-electron chi connectivity index (χ1n) is 6.09. The fourth-order valence-corrected chi connectivity index (χ4v) is 3.04. The Morgan fingerprint density at radius 2 is 2.16 bits per heavy atom. The summed E-state index contributed by atoms with van der Waals surface area (Å²) < 4.78 is 0.684. The summed E-state index contributed by atoms with van der Waals surface area (Å²) in [6.07, 6.45) is 1.69. The molecule has 0 atom stereocenters. The number of hydrogen-bond acceptors (Lipinski definition) is 4. The molecule has 0 aliphatic carbocycles. The molecule has 3 aromatic rings. The average molecular weight is 271 g/mol. The first-order chi connectivity index (χ1) is 9.16. The van der Waals surface area contributed by atoms with E-state index in [1.165, 1.54) is 11.3 Å². The van der Waals surface area contributed by atoms with Crippen LogP contribution in [0.25, 0.3) is 21.7 Å². The van der Waals surface area contributed by atoms with E-state index in [1.54, 1.807) is 6.20 Å². The number of hydrogen-bond donors (Lipinski definition) is 1. The number of H-pyrrole nitrogens is 1. The van der Waals surface area contributed by atoms with Crippen LogP contribution in [0.1, 0.15) is 25.3 Å². The maximum absolute atomic E-state index is 12.1. The zero-order valence-corrected chi connectivity index (χ0v) is 11.5. The van der Waals surface area contributed by atoms with Crippen molar-refractivity contribution in [2.24, 2.45) is 0 Å². The van der Waals surface area contributed by atoms with Crippen molar-refractivity contribution in [3.8, 4) is 11.5 Å². The van der Waals surface area contributed by atoms with Crippen LogP contribution in [0.5, 0.6) is 0 Å². The van der Waals surface area contributed by atoms with Gasteiger partial charge in [-0.05, 0) is 29.0 Å². The number of aromatic amines is 1. The van der Waals surface area contributed by atoms with Crippen molar-refractivity contribution in [1.29, 1.82) is 0 Å². The van der Waals surface area contributed by atoms with Gasteiger partial charge in [0, 0.05) is 6.20 Å². The summed E-state index contributed by atoms with van der Waals surface area (Å²) in [5, 5.41) is 2.01. The van der Waals surface area contributed by atoms with E-state index in [0.717, 1.165) is 11.1 Å². The van der Waals surface area contributed by atoms with Gasteiger partial charge in [-0.2, -0.15) is 0 Å². The number of nitrogens with one attached hydrogen (secondary N) is 1. The minimum absolute atomic E-state index is 0.0949. The van der Waals surface area contributed by atoms with Crippen LogP contribution in [0.3, 0.4) is 0 Å². The molecule has 0 aromatic carbocycles. The van der Waals surface area contributed by atoms with Gasteiger partial charge in [0.15, 0.2) is 5.82 Å². The highest BCUT2D eigenvalue weighted by atomic mass is 32.1. The smallest absolute Gasteiger partial charge is 0.269 e. The van der Waals surface area contributed by atoms with Crippen LogP contribution in [0.4, 0.5) is 0 Å². The first-order valence-corrected chi connectivity index (χ1v) is 6.97. The molecule has 0 radical (unpaired) electrons. The predicted octanol–water partition coefficient (Wildman–Crippen LogP) is 3.17. The standard InChI is InChI=1S/C14H13N3OS/c1-8(2)9-7-19-12-11(9)16-13(17-14(12)18)10-5-3-4-6-15-10/h3-8H,1-2H3,(H,16,17,18). The molecular weight excluding hydrogens is 258 g/mol. The average Bonchev–Trinajstić information content (AvgIpc) is 2.84. The van der Waals surface area contributed by atoms with Crippen molar-refractivity contribution < 1.29 is 0 Å². The summed E-state index contributed by atoms with van der Waals surface area (Å²) in [5.41, 5.74) is 2.50. The normalized spacial score (nSPS) is 11.3. The number of pyridine rings is 1. The Bertz CT molecular complexity index is 774. The largest absolute Gasteiger partial charge is 0.304 e. The Kier molecular flexibility index (Phi) is 2.91. The molecule has 3 heterocycles. The maximum atomic E-state index is 12.1. The lowest BCUT2D eigenvalue weighted by molar-refractivity contribution is 0.876. The molecule has 0 aliphatic rings. The molecule has 0 saturated carbocycles. The zero-order valence-electron chi connectivity index (χ0n) is 10.7. The molecule has 0 saturated heterocycles. The SMILES string of the molecule is CC(C)c1csc2c(=O)[nH]c(-c3ccccn3)nc12. The summed E-state index contributed by atoms with van der Waals surface area (Å²) in [6, 6.07) is 5.55. The number of aromatic nitrogens is 3. The predicted molar refractivity (Wildman–Crippen MR) is 77.6 cm³/mol. The van der Waals surface area contributed by atoms with Crippen LogP contribution in [0, 0.1) is 0 Å². The summed E-state index contributed by atoms with van der Waals surface area (Å²) in [6.45, 7) is 4.20. The third kappa shape index (κ3) is 2.06. The highest BCUT2D eigenvalue weighted by Gasteiger charge is 2.14. The second kappa shape index (κ2) is 4.59. The molecule has 96 valence electrons. The molecule has 3 aromatic heterocycles. The van der Waals surface area contributed by atoms with Crippen molar-refractivity contribution in [2.75, 3.05) is 0 Å². The molecule has 0 bridgehead atoms. The third-order valence-electron chi connectivity index (χ3n) is 2.98. The van der Waals surface area contributed by atoms with E-state index in [1.807, 2.05) is 23.6 Å². The van der Waals surface area contributed by atoms with E-state index in [-0.39, 0.29) is 5.56 Å². The van der Waals surface area contributed by atoms with Crippen molar-refractivity contribution in [2.45, 2.75) is 19.8 Å². The monoisotopic (exact) mass is 271 g/mol. The number of thiophene rings is 1. The van der Waals surface area contributed by atoms with Gasteiger partial charge >= 0.3 is 0 Å². The van der Waals surface area contributed by atoms with Gasteiger partial charge in [-0.1, -0.05) is 19.9 Å². The lowest BCUT2D eigenvalue weighted by atomic mass is 10.1. The van der Waals surface area contributed by atoms with Gasteiger partial charge in [0.1, 0.15) is 10.4 Å². The molecule has 3 rings (SSSR count). The van der Waals surface area contributed by atoms with Gasteiger partial charge in [-0.3, -0.25) is 9.78 Å². The minimum Gasteiger partial charge on any atom is -0.304 e. The zero-order chi connectivity index (χ0) is 13.4. The topological polar surface area (TPSA) is 58.6 Å². The Morgan fingerprint density at radius 3 is 2.84 bits per heavy atom. The Hall–Kier alpha value is -2.01. The minimum atomic E-state index is -0.0949. The molecule has 0 amide bonds. The van der Waals surface area contributed by atoms with Gasteiger partial charge < -0.3 is 4.98 Å². The lowest BCUT2D eigenvalue weighted by Gasteiger charge is -2.04. The molecule has 1 N–H and O–H groups in total. The van der Waals surface area contributed by atoms with Crippen molar-refractivity contribution in [3.05, 3.63) is 45.7 Å². The van der Waals surface area contributed by atoms with E-state index in [2.05, 4.69) is 28.8 Å². The van der Waals surface area contributed by atoms with Crippen LogP contribution in [0.15, 0.2) is 34.6 Å². The van der Waals surface area contributed by atoms with Gasteiger partial charge in [0.2, 0.25) is 0 Å². The second-order valence-electron chi connectivity index (χ2n) is 4.65. The first kappa shape index (κ1) is 12.0. The Morgan fingerprint density at radius 1 is 1.32 bits per heavy atom. The fraction of sp³-hybridized carbons (Fsp3) is 0.214. The number of nitrogens with zero attached hydrogens (tertiary/aromatic N) is 2. The quantitative estimate of drug-likeness (QED) is 0.778. The third-order valence-corrected chi connectivity index (χ3v) is 3.97. The van der Waals surface area contributed by atoms with Crippen LogP contribution in [-0.4, -0.2) is 15.0 Å². The summed E-state index contributed by atoms with van der Waals surface area (Å²) in [5.74, 6) is 0.873. The highest BCUT2D eigenvalue weighted by Crippen LogP contribution is 2.28. The van der Waals surface area contributed by atoms with Crippen LogP contribution in [0.2, 0.25) is 0 Å². The van der Waals surface area contributed by atoms with Gasteiger partial charge in [0.25, 0.3) is 5.56 Å². The van der Waals surface area contributed by atoms with Gasteiger partial charge in [-0.25, -0.2) is 4.98 Å². The number of fused-ring (bicyclic) bond motifs is 1. The van der Waals surface area contributed by atoms with Crippen molar-refractivity contribution in [1.82, 2.24) is 15.0 Å². The summed E-state index contributed by atoms with van der Waals surface area (Å²) in [4.78, 5) is 23.7. The maximum Gasteiger partial charge on any atom is 0.269 e. The van der Waals surface area contributed by atoms with E-state index < -0.39 is 0 Å². The summed E-state index contributed by atoms with van der Waals surface area (Å²) in [7, 11) is 0. The molecule has 0 aliphatic heterocycles. The van der Waals surface area contributed by atoms with Crippen molar-refractivity contribution >= 4 is 21.6 Å². The molecule has 0 fully saturated rings. The van der Waals surface area contributed by atoms with Crippen LogP contribution >= 0.6 is 11.3 Å². The van der Waals surface area contributed by atoms with Crippen LogP contribution < -0.4 is 5.56 Å². The van der Waals surface area contributed by atoms with Gasteiger partial charge in [-0.15, -0.1) is 11.3 Å². The molecule has 4 nitrogen and oxygen atoms in total. The number of rotatable bonds is 2. The molecule has 19 heavy (non-hydrogen) atoms. The molecule has 0 spiro atoms. The molecule has 5 heteroatoms. The van der Waals surface area contributed by atoms with E-state index in [9.17, 15) is 4.79 Å². The van der Waals surface area contributed by atoms with E-state index in [0.29, 0.717) is 22.1 Å². The summed E-state index contributed by atoms with van der Waals surface area (Å²) >= 11 is 1.45.